The maximum absolute atomic E-state index is 6.94. The predicted octanol–water partition coefficient (Wildman–Crippen LogP) is 7.79. The van der Waals surface area contributed by atoms with Crippen LogP contribution >= 0.6 is 0 Å². The van der Waals surface area contributed by atoms with Gasteiger partial charge in [0.15, 0.2) is 16.6 Å². The third-order valence-electron chi connectivity index (χ3n) is 7.30. The summed E-state index contributed by atoms with van der Waals surface area (Å²) in [6, 6.07) is 8.06. The van der Waals surface area contributed by atoms with Crippen molar-refractivity contribution < 1.29 is 18.3 Å². The summed E-state index contributed by atoms with van der Waals surface area (Å²) in [5, 5.41) is 0.331. The minimum absolute atomic E-state index is 0.0471. The standard InChI is InChI=1S/C26H50O4Si2/c1-13-23(29-31(9,10)25(2,3)4)24(30-32(11,12)26(5,6)7)18-19-28-20-21-14-16-22(27-8)17-15-21/h14-17,23-24H,13,18-20H2,1-12H3. The lowest BCUT2D eigenvalue weighted by Crippen LogP contribution is -2.52. The molecule has 2 atom stereocenters. The van der Waals surface area contributed by atoms with Gasteiger partial charge in [-0.15, -0.1) is 0 Å². The van der Waals surface area contributed by atoms with E-state index in [2.05, 4.69) is 86.8 Å². The van der Waals surface area contributed by atoms with Gasteiger partial charge < -0.3 is 18.3 Å². The van der Waals surface area contributed by atoms with Crippen molar-refractivity contribution in [2.45, 2.75) is 116 Å². The van der Waals surface area contributed by atoms with Crippen molar-refractivity contribution in [3.05, 3.63) is 29.8 Å². The van der Waals surface area contributed by atoms with Crippen molar-refractivity contribution >= 4 is 16.6 Å². The second-order valence-electron chi connectivity index (χ2n) is 11.9. The molecule has 0 aliphatic heterocycles. The molecule has 0 aromatic heterocycles. The maximum Gasteiger partial charge on any atom is 0.192 e. The van der Waals surface area contributed by atoms with E-state index in [1.54, 1.807) is 7.11 Å². The van der Waals surface area contributed by atoms with Gasteiger partial charge in [0.1, 0.15) is 5.75 Å². The van der Waals surface area contributed by atoms with Crippen molar-refractivity contribution in [3.63, 3.8) is 0 Å². The largest absolute Gasteiger partial charge is 0.497 e. The van der Waals surface area contributed by atoms with E-state index in [1.807, 2.05) is 12.1 Å². The second-order valence-corrected chi connectivity index (χ2v) is 21.4. The highest BCUT2D eigenvalue weighted by molar-refractivity contribution is 6.74. The summed E-state index contributed by atoms with van der Waals surface area (Å²) < 4.78 is 25.1. The maximum atomic E-state index is 6.94. The van der Waals surface area contributed by atoms with Crippen LogP contribution in [0.5, 0.6) is 5.75 Å². The fourth-order valence-electron chi connectivity index (χ4n) is 2.96. The molecule has 2 unspecified atom stereocenters. The summed E-state index contributed by atoms with van der Waals surface area (Å²) in [5.41, 5.74) is 1.15. The third-order valence-corrected chi connectivity index (χ3v) is 16.3. The lowest BCUT2D eigenvalue weighted by Gasteiger charge is -2.45. The molecule has 0 aliphatic carbocycles. The van der Waals surface area contributed by atoms with E-state index in [-0.39, 0.29) is 22.3 Å². The van der Waals surface area contributed by atoms with Crippen LogP contribution in [0.1, 0.15) is 66.9 Å². The summed E-state index contributed by atoms with van der Waals surface area (Å²) in [6.45, 7) is 26.6. The molecule has 0 fully saturated rings. The lowest BCUT2D eigenvalue weighted by atomic mass is 10.1. The number of hydrogen-bond acceptors (Lipinski definition) is 4. The van der Waals surface area contributed by atoms with Crippen molar-refractivity contribution in [2.75, 3.05) is 13.7 Å². The van der Waals surface area contributed by atoms with Gasteiger partial charge in [-0.3, -0.25) is 0 Å². The van der Waals surface area contributed by atoms with Gasteiger partial charge in [-0.05, 0) is 66.8 Å². The van der Waals surface area contributed by atoms with Crippen LogP contribution in [0.3, 0.4) is 0 Å². The molecule has 0 saturated heterocycles. The van der Waals surface area contributed by atoms with Crippen LogP contribution in [0.2, 0.25) is 36.3 Å². The highest BCUT2D eigenvalue weighted by Gasteiger charge is 2.44. The Kier molecular flexibility index (Phi) is 10.7. The van der Waals surface area contributed by atoms with E-state index >= 15 is 0 Å². The summed E-state index contributed by atoms with van der Waals surface area (Å²) in [5.74, 6) is 0.866. The number of ether oxygens (including phenoxy) is 2. The van der Waals surface area contributed by atoms with E-state index in [9.17, 15) is 0 Å². The van der Waals surface area contributed by atoms with E-state index in [4.69, 9.17) is 18.3 Å². The molecule has 0 aliphatic rings. The van der Waals surface area contributed by atoms with Crippen molar-refractivity contribution in [2.24, 2.45) is 0 Å². The Morgan fingerprint density at radius 2 is 1.25 bits per heavy atom. The van der Waals surface area contributed by atoms with Gasteiger partial charge in [0.05, 0.1) is 25.9 Å². The van der Waals surface area contributed by atoms with Crippen molar-refractivity contribution in [1.29, 1.82) is 0 Å². The molecule has 186 valence electrons. The number of rotatable bonds is 12. The fourth-order valence-corrected chi connectivity index (χ4v) is 5.77. The van der Waals surface area contributed by atoms with Crippen LogP contribution in [0.15, 0.2) is 24.3 Å². The first-order valence-electron chi connectivity index (χ1n) is 12.1. The van der Waals surface area contributed by atoms with Gasteiger partial charge in [0.25, 0.3) is 0 Å². The fraction of sp³-hybridized carbons (Fsp3) is 0.769. The van der Waals surface area contributed by atoms with E-state index in [0.717, 1.165) is 24.2 Å². The molecule has 0 heterocycles. The van der Waals surface area contributed by atoms with Crippen LogP contribution < -0.4 is 4.74 Å². The zero-order valence-electron chi connectivity index (χ0n) is 22.9. The molecule has 4 nitrogen and oxygen atoms in total. The summed E-state index contributed by atoms with van der Waals surface area (Å²) in [7, 11) is -2.15. The normalized spacial score (nSPS) is 15.5. The summed E-state index contributed by atoms with van der Waals surface area (Å²) in [4.78, 5) is 0. The van der Waals surface area contributed by atoms with Crippen LogP contribution in [0, 0.1) is 0 Å². The minimum atomic E-state index is -1.94. The highest BCUT2D eigenvalue weighted by atomic mass is 28.4. The van der Waals surface area contributed by atoms with E-state index in [0.29, 0.717) is 13.2 Å². The number of hydrogen-bond donors (Lipinski definition) is 0. The average molecular weight is 483 g/mol. The van der Waals surface area contributed by atoms with E-state index in [1.165, 1.54) is 0 Å². The Balaban J connectivity index is 2.90. The zero-order chi connectivity index (χ0) is 24.8. The molecule has 32 heavy (non-hydrogen) atoms. The zero-order valence-corrected chi connectivity index (χ0v) is 24.9. The Morgan fingerprint density at radius 3 is 1.66 bits per heavy atom. The SMILES string of the molecule is CCC(O[Si](C)(C)C(C)(C)C)C(CCOCc1ccc(OC)cc1)O[Si](C)(C)C(C)(C)C. The highest BCUT2D eigenvalue weighted by Crippen LogP contribution is 2.41. The molecule has 6 heteroatoms. The molecule has 1 aromatic rings. The van der Waals surface area contributed by atoms with Crippen LogP contribution in [0.4, 0.5) is 0 Å². The molecule has 1 rings (SSSR count). The van der Waals surface area contributed by atoms with Gasteiger partial charge in [0.2, 0.25) is 0 Å². The lowest BCUT2D eigenvalue weighted by molar-refractivity contribution is 0.00507. The van der Waals surface area contributed by atoms with Gasteiger partial charge >= 0.3 is 0 Å². The third kappa shape index (κ3) is 8.60. The molecule has 1 aromatic carbocycles. The molecule has 0 saturated carbocycles. The molecular formula is C26H50O4Si2. The quantitative estimate of drug-likeness (QED) is 0.225. The van der Waals surface area contributed by atoms with Gasteiger partial charge in [-0.2, -0.15) is 0 Å². The topological polar surface area (TPSA) is 36.9 Å². The Hall–Kier alpha value is -0.666. The first-order chi connectivity index (χ1) is 14.5. The first kappa shape index (κ1) is 29.4. The van der Waals surface area contributed by atoms with Crippen molar-refractivity contribution in [1.82, 2.24) is 0 Å². The first-order valence-corrected chi connectivity index (χ1v) is 17.9. The van der Waals surface area contributed by atoms with Gasteiger partial charge in [0, 0.05) is 6.61 Å². The second kappa shape index (κ2) is 11.6. The average Bonchev–Trinajstić information content (AvgIpc) is 2.67. The van der Waals surface area contributed by atoms with Crippen LogP contribution in [-0.4, -0.2) is 42.6 Å². The van der Waals surface area contributed by atoms with Crippen molar-refractivity contribution in [3.8, 4) is 5.75 Å². The van der Waals surface area contributed by atoms with Crippen LogP contribution in [-0.2, 0) is 20.2 Å². The van der Waals surface area contributed by atoms with Gasteiger partial charge in [-0.25, -0.2) is 0 Å². The predicted molar refractivity (Wildman–Crippen MR) is 142 cm³/mol. The monoisotopic (exact) mass is 482 g/mol. The van der Waals surface area contributed by atoms with E-state index < -0.39 is 16.6 Å². The summed E-state index contributed by atoms with van der Waals surface area (Å²) in [6.07, 6.45) is 1.93. The molecule has 0 bridgehead atoms. The number of methoxy groups -OCH3 is 1. The smallest absolute Gasteiger partial charge is 0.192 e. The Bertz CT molecular complexity index is 673. The molecular weight excluding hydrogens is 432 g/mol. The Labute approximate surface area is 200 Å². The van der Waals surface area contributed by atoms with Crippen LogP contribution in [0.25, 0.3) is 0 Å². The molecule has 0 spiro atoms. The molecule has 0 N–H and O–H groups in total. The van der Waals surface area contributed by atoms with Gasteiger partial charge in [-0.1, -0.05) is 60.6 Å². The minimum Gasteiger partial charge on any atom is -0.497 e. The summed E-state index contributed by atoms with van der Waals surface area (Å²) >= 11 is 0. The Morgan fingerprint density at radius 1 is 0.781 bits per heavy atom. The molecule has 0 radical (unpaired) electrons. The number of benzene rings is 1. The molecule has 0 amide bonds.